The van der Waals surface area contributed by atoms with Crippen LogP contribution in [-0.4, -0.2) is 18.5 Å². The summed E-state index contributed by atoms with van der Waals surface area (Å²) in [4.78, 5) is 10.7. The summed E-state index contributed by atoms with van der Waals surface area (Å²) in [5, 5.41) is 0. The molecule has 0 saturated heterocycles. The predicted molar refractivity (Wildman–Crippen MR) is 52.8 cm³/mol. The number of hydrogen-bond acceptors (Lipinski definition) is 2. The molecule has 1 aliphatic rings. The molecule has 0 bridgehead atoms. The van der Waals surface area contributed by atoms with E-state index in [1.54, 1.807) is 0 Å². The number of carbonyl (C=O) groups excluding carboxylic acids is 1. The van der Waals surface area contributed by atoms with E-state index in [0.717, 1.165) is 19.3 Å². The van der Waals surface area contributed by atoms with E-state index in [9.17, 15) is 4.79 Å². The first-order valence-corrected chi connectivity index (χ1v) is 5.13. The maximum Gasteiger partial charge on any atom is 0.320 e. The van der Waals surface area contributed by atoms with Crippen LogP contribution in [0.15, 0.2) is 11.6 Å². The van der Waals surface area contributed by atoms with Crippen molar-refractivity contribution in [3.8, 4) is 0 Å². The van der Waals surface area contributed by atoms with E-state index in [-0.39, 0.29) is 11.8 Å². The van der Waals surface area contributed by atoms with Crippen molar-refractivity contribution in [2.24, 2.45) is 5.92 Å². The Balaban J connectivity index is 2.20. The summed E-state index contributed by atoms with van der Waals surface area (Å²) in [6.45, 7) is 2.66. The number of rotatable bonds is 3. The summed E-state index contributed by atoms with van der Waals surface area (Å²) >= 11 is 5.31. The smallest absolute Gasteiger partial charge is 0.320 e. The van der Waals surface area contributed by atoms with Gasteiger partial charge in [-0.2, -0.15) is 0 Å². The normalized spacial score (nSPS) is 22.3. The maximum absolute atomic E-state index is 10.7. The monoisotopic (exact) mass is 202 g/mol. The molecule has 3 heteroatoms. The summed E-state index contributed by atoms with van der Waals surface area (Å²) < 4.78 is 4.97. The fourth-order valence-electron chi connectivity index (χ4n) is 1.42. The molecule has 13 heavy (non-hydrogen) atoms. The summed E-state index contributed by atoms with van der Waals surface area (Å²) in [6.07, 6.45) is 5.51. The number of carbonyl (C=O) groups is 1. The second kappa shape index (κ2) is 5.28. The van der Waals surface area contributed by atoms with E-state index in [2.05, 4.69) is 13.0 Å². The van der Waals surface area contributed by atoms with Crippen LogP contribution in [0, 0.1) is 5.92 Å². The van der Waals surface area contributed by atoms with Crippen molar-refractivity contribution in [2.75, 3.05) is 12.5 Å². The van der Waals surface area contributed by atoms with Crippen LogP contribution in [0.5, 0.6) is 0 Å². The maximum atomic E-state index is 10.7. The van der Waals surface area contributed by atoms with Gasteiger partial charge >= 0.3 is 5.97 Å². The van der Waals surface area contributed by atoms with Crippen LogP contribution in [0.3, 0.4) is 0 Å². The summed E-state index contributed by atoms with van der Waals surface area (Å²) in [7, 11) is 0. The molecule has 1 unspecified atom stereocenters. The molecule has 74 valence electrons. The minimum atomic E-state index is -0.312. The summed E-state index contributed by atoms with van der Waals surface area (Å²) in [5.74, 6) is 0.144. The molecule has 0 saturated carbocycles. The van der Waals surface area contributed by atoms with E-state index >= 15 is 0 Å². The molecule has 1 rings (SSSR count). The molecule has 0 aromatic carbocycles. The molecule has 1 aliphatic carbocycles. The van der Waals surface area contributed by atoms with Gasteiger partial charge in [0.15, 0.2) is 0 Å². The zero-order valence-electron chi connectivity index (χ0n) is 7.88. The average molecular weight is 203 g/mol. The molecule has 0 fully saturated rings. The molecule has 0 heterocycles. The van der Waals surface area contributed by atoms with Crippen LogP contribution in [0.4, 0.5) is 0 Å². The fourth-order valence-corrected chi connectivity index (χ4v) is 1.50. The van der Waals surface area contributed by atoms with Gasteiger partial charge in [0.2, 0.25) is 0 Å². The molecule has 1 atom stereocenters. The van der Waals surface area contributed by atoms with Crippen LogP contribution in [-0.2, 0) is 9.53 Å². The quantitative estimate of drug-likeness (QED) is 0.399. The van der Waals surface area contributed by atoms with E-state index in [4.69, 9.17) is 16.3 Å². The van der Waals surface area contributed by atoms with E-state index in [1.807, 2.05) is 0 Å². The molecule has 0 aromatic heterocycles. The van der Waals surface area contributed by atoms with Crippen LogP contribution in [0.2, 0.25) is 0 Å². The van der Waals surface area contributed by atoms with E-state index < -0.39 is 0 Å². The van der Waals surface area contributed by atoms with Crippen LogP contribution in [0.1, 0.15) is 26.2 Å². The van der Waals surface area contributed by atoms with Crippen LogP contribution >= 0.6 is 11.6 Å². The Labute approximate surface area is 83.9 Å². The SMILES string of the molecule is CC1=CCC(COC(=O)CCl)CC1. The third-order valence-electron chi connectivity index (χ3n) is 2.34. The Morgan fingerprint density at radius 2 is 2.54 bits per heavy atom. The van der Waals surface area contributed by atoms with Crippen molar-refractivity contribution < 1.29 is 9.53 Å². The highest BCUT2D eigenvalue weighted by Gasteiger charge is 2.14. The van der Waals surface area contributed by atoms with Crippen molar-refractivity contribution >= 4 is 17.6 Å². The number of ether oxygens (including phenoxy) is 1. The van der Waals surface area contributed by atoms with E-state index in [1.165, 1.54) is 5.57 Å². The lowest BCUT2D eigenvalue weighted by Crippen LogP contribution is -2.16. The highest BCUT2D eigenvalue weighted by atomic mass is 35.5. The molecule has 0 spiro atoms. The van der Waals surface area contributed by atoms with Crippen molar-refractivity contribution in [1.29, 1.82) is 0 Å². The number of alkyl halides is 1. The van der Waals surface area contributed by atoms with Gasteiger partial charge in [-0.3, -0.25) is 4.79 Å². The van der Waals surface area contributed by atoms with Gasteiger partial charge in [-0.15, -0.1) is 11.6 Å². The van der Waals surface area contributed by atoms with Crippen LogP contribution in [0.25, 0.3) is 0 Å². The molecule has 0 aromatic rings. The Kier molecular flexibility index (Phi) is 4.29. The largest absolute Gasteiger partial charge is 0.464 e. The molecule has 0 amide bonds. The third-order valence-corrected chi connectivity index (χ3v) is 2.55. The van der Waals surface area contributed by atoms with Crippen molar-refractivity contribution in [3.05, 3.63) is 11.6 Å². The van der Waals surface area contributed by atoms with Crippen molar-refractivity contribution in [2.45, 2.75) is 26.2 Å². The van der Waals surface area contributed by atoms with Gasteiger partial charge in [-0.05, 0) is 32.1 Å². The Morgan fingerprint density at radius 3 is 3.08 bits per heavy atom. The first-order valence-electron chi connectivity index (χ1n) is 4.59. The number of hydrogen-bond donors (Lipinski definition) is 0. The summed E-state index contributed by atoms with van der Waals surface area (Å²) in [6, 6.07) is 0. The second-order valence-electron chi connectivity index (χ2n) is 3.51. The van der Waals surface area contributed by atoms with Crippen LogP contribution < -0.4 is 0 Å². The lowest BCUT2D eigenvalue weighted by Gasteiger charge is -2.19. The molecule has 0 aliphatic heterocycles. The standard InChI is InChI=1S/C10H15ClO2/c1-8-2-4-9(5-3-8)7-13-10(12)6-11/h2,9H,3-7H2,1H3. The minimum absolute atomic E-state index is 0.0401. The molecule has 0 radical (unpaired) electrons. The van der Waals surface area contributed by atoms with E-state index in [0.29, 0.717) is 12.5 Å². The second-order valence-corrected chi connectivity index (χ2v) is 3.77. The van der Waals surface area contributed by atoms with Gasteiger partial charge in [0.25, 0.3) is 0 Å². The zero-order chi connectivity index (χ0) is 9.68. The third kappa shape index (κ3) is 3.81. The molecular formula is C10H15ClO2. The molecular weight excluding hydrogens is 188 g/mol. The topological polar surface area (TPSA) is 26.3 Å². The van der Waals surface area contributed by atoms with Gasteiger partial charge in [-0.25, -0.2) is 0 Å². The first kappa shape index (κ1) is 10.6. The molecule has 0 N–H and O–H groups in total. The Morgan fingerprint density at radius 1 is 1.77 bits per heavy atom. The first-order chi connectivity index (χ1) is 6.22. The van der Waals surface area contributed by atoms with Crippen molar-refractivity contribution in [3.63, 3.8) is 0 Å². The molecule has 2 nitrogen and oxygen atoms in total. The number of halogens is 1. The summed E-state index contributed by atoms with van der Waals surface area (Å²) in [5.41, 5.74) is 1.44. The fraction of sp³-hybridized carbons (Fsp3) is 0.700. The number of esters is 1. The van der Waals surface area contributed by atoms with Gasteiger partial charge in [0.1, 0.15) is 5.88 Å². The van der Waals surface area contributed by atoms with Gasteiger partial charge < -0.3 is 4.74 Å². The number of allylic oxidation sites excluding steroid dienone is 2. The lowest BCUT2D eigenvalue weighted by molar-refractivity contribution is -0.142. The zero-order valence-corrected chi connectivity index (χ0v) is 8.64. The lowest BCUT2D eigenvalue weighted by atomic mass is 9.91. The van der Waals surface area contributed by atoms with Crippen molar-refractivity contribution in [1.82, 2.24) is 0 Å². The Bertz CT molecular complexity index is 211. The highest BCUT2D eigenvalue weighted by Crippen LogP contribution is 2.23. The minimum Gasteiger partial charge on any atom is -0.464 e. The van der Waals surface area contributed by atoms with Gasteiger partial charge in [0.05, 0.1) is 6.61 Å². The van der Waals surface area contributed by atoms with Gasteiger partial charge in [-0.1, -0.05) is 11.6 Å². The Hall–Kier alpha value is -0.500. The van der Waals surface area contributed by atoms with Gasteiger partial charge in [0, 0.05) is 0 Å². The highest BCUT2D eigenvalue weighted by molar-refractivity contribution is 6.26. The predicted octanol–water partition coefficient (Wildman–Crippen LogP) is 2.51. The average Bonchev–Trinajstić information content (AvgIpc) is 2.16.